The molecular formula is C20H16Cl2N2O2. The molecule has 1 amide bonds. The fourth-order valence-electron chi connectivity index (χ4n) is 2.60. The molecule has 0 radical (unpaired) electrons. The summed E-state index contributed by atoms with van der Waals surface area (Å²) in [6, 6.07) is 17.4. The van der Waals surface area contributed by atoms with Crippen LogP contribution in [0.15, 0.2) is 71.7 Å². The van der Waals surface area contributed by atoms with Gasteiger partial charge < -0.3 is 9.47 Å². The highest BCUT2D eigenvalue weighted by Gasteiger charge is 2.15. The Morgan fingerprint density at radius 1 is 0.962 bits per heavy atom. The van der Waals surface area contributed by atoms with Gasteiger partial charge in [-0.15, -0.1) is 0 Å². The number of hydrogen-bond donors (Lipinski definition) is 0. The monoisotopic (exact) mass is 386 g/mol. The van der Waals surface area contributed by atoms with Gasteiger partial charge in [-0.25, -0.2) is 0 Å². The van der Waals surface area contributed by atoms with E-state index in [0.717, 1.165) is 5.69 Å². The quantitative estimate of drug-likeness (QED) is 0.663. The van der Waals surface area contributed by atoms with Crippen LogP contribution in [0.2, 0.25) is 10.0 Å². The lowest BCUT2D eigenvalue weighted by Crippen LogP contribution is -2.28. The van der Waals surface area contributed by atoms with Crippen LogP contribution >= 0.6 is 23.2 Å². The van der Waals surface area contributed by atoms with Crippen LogP contribution in [0.1, 0.15) is 15.9 Å². The van der Waals surface area contributed by atoms with Gasteiger partial charge in [0.15, 0.2) is 0 Å². The molecule has 0 unspecified atom stereocenters. The summed E-state index contributed by atoms with van der Waals surface area (Å²) in [6.45, 7) is 0.188. The Hall–Kier alpha value is -2.56. The second kappa shape index (κ2) is 7.77. The summed E-state index contributed by atoms with van der Waals surface area (Å²) in [5.74, 6) is -0.213. The average molecular weight is 387 g/mol. The number of carbonyl (C=O) groups is 1. The fourth-order valence-corrected chi connectivity index (χ4v) is 3.11. The van der Waals surface area contributed by atoms with Crippen molar-refractivity contribution in [2.45, 2.75) is 6.54 Å². The fraction of sp³-hybridized carbons (Fsp3) is 0.100. The van der Waals surface area contributed by atoms with E-state index in [9.17, 15) is 9.59 Å². The highest BCUT2D eigenvalue weighted by atomic mass is 35.5. The topological polar surface area (TPSA) is 42.3 Å². The average Bonchev–Trinajstić information content (AvgIpc) is 2.65. The maximum absolute atomic E-state index is 12.8. The van der Waals surface area contributed by atoms with Gasteiger partial charge in [0, 0.05) is 40.6 Å². The Bertz CT molecular complexity index is 980. The van der Waals surface area contributed by atoms with E-state index in [1.54, 1.807) is 25.2 Å². The molecule has 0 aliphatic carbocycles. The van der Waals surface area contributed by atoms with E-state index in [1.807, 2.05) is 30.3 Å². The molecule has 0 spiro atoms. The standard InChI is InChI=1S/C20H16Cl2N2O2/c1-23(15-6-3-2-4-7-15)20(26)14-10-11-19(25)24(12-14)13-16-17(21)8-5-9-18(16)22/h2-12H,13H2,1H3. The summed E-state index contributed by atoms with van der Waals surface area (Å²) >= 11 is 12.4. The summed E-state index contributed by atoms with van der Waals surface area (Å²) in [7, 11) is 1.69. The Labute approximate surface area is 161 Å². The molecule has 0 aliphatic heterocycles. The van der Waals surface area contributed by atoms with Crippen LogP contribution in [0.5, 0.6) is 0 Å². The minimum atomic E-state index is -0.236. The number of rotatable bonds is 4. The van der Waals surface area contributed by atoms with Crippen molar-refractivity contribution in [1.29, 1.82) is 0 Å². The van der Waals surface area contributed by atoms with Crippen molar-refractivity contribution in [1.82, 2.24) is 4.57 Å². The lowest BCUT2D eigenvalue weighted by molar-refractivity contribution is 0.0992. The first kappa shape index (κ1) is 18.2. The van der Waals surface area contributed by atoms with Crippen molar-refractivity contribution in [2.75, 3.05) is 11.9 Å². The first-order valence-corrected chi connectivity index (χ1v) is 8.69. The summed E-state index contributed by atoms with van der Waals surface area (Å²) in [5, 5.41) is 0.949. The molecule has 0 saturated carbocycles. The van der Waals surface area contributed by atoms with E-state index in [1.165, 1.54) is 27.8 Å². The Morgan fingerprint density at radius 3 is 2.27 bits per heavy atom. The zero-order valence-electron chi connectivity index (χ0n) is 14.0. The number of halogens is 2. The molecule has 0 atom stereocenters. The predicted octanol–water partition coefficient (Wildman–Crippen LogP) is 4.48. The molecule has 3 rings (SSSR count). The van der Waals surface area contributed by atoms with Gasteiger partial charge in [0.25, 0.3) is 11.5 Å². The zero-order valence-corrected chi connectivity index (χ0v) is 15.5. The molecule has 1 heterocycles. The van der Waals surface area contributed by atoms with Crippen LogP contribution in [0.3, 0.4) is 0 Å². The van der Waals surface area contributed by atoms with Crippen molar-refractivity contribution >= 4 is 34.8 Å². The number of para-hydroxylation sites is 1. The van der Waals surface area contributed by atoms with Gasteiger partial charge in [-0.1, -0.05) is 47.5 Å². The van der Waals surface area contributed by atoms with Crippen molar-refractivity contribution in [3.05, 3.63) is 98.4 Å². The van der Waals surface area contributed by atoms with Crippen LogP contribution in [-0.2, 0) is 6.54 Å². The van der Waals surface area contributed by atoms with Crippen LogP contribution in [-0.4, -0.2) is 17.5 Å². The molecule has 132 valence electrons. The lowest BCUT2D eigenvalue weighted by Gasteiger charge is -2.18. The largest absolute Gasteiger partial charge is 0.311 e. The number of amides is 1. The zero-order chi connectivity index (χ0) is 18.7. The van der Waals surface area contributed by atoms with E-state index < -0.39 is 0 Å². The summed E-state index contributed by atoms with van der Waals surface area (Å²) < 4.78 is 1.43. The molecule has 6 heteroatoms. The molecule has 2 aromatic carbocycles. The third kappa shape index (κ3) is 3.82. The van der Waals surface area contributed by atoms with Crippen LogP contribution in [0.4, 0.5) is 5.69 Å². The van der Waals surface area contributed by atoms with Crippen LogP contribution in [0.25, 0.3) is 0 Å². The number of anilines is 1. The molecule has 0 bridgehead atoms. The molecule has 26 heavy (non-hydrogen) atoms. The third-order valence-corrected chi connectivity index (χ3v) is 4.78. The highest BCUT2D eigenvalue weighted by molar-refractivity contribution is 6.35. The molecule has 0 saturated heterocycles. The summed E-state index contributed by atoms with van der Waals surface area (Å²) in [6.07, 6.45) is 1.53. The Balaban J connectivity index is 1.93. The van der Waals surface area contributed by atoms with Crippen molar-refractivity contribution in [2.24, 2.45) is 0 Å². The van der Waals surface area contributed by atoms with Gasteiger partial charge in [0.05, 0.1) is 12.1 Å². The van der Waals surface area contributed by atoms with Gasteiger partial charge in [0.2, 0.25) is 0 Å². The van der Waals surface area contributed by atoms with E-state index in [2.05, 4.69) is 0 Å². The summed E-state index contributed by atoms with van der Waals surface area (Å²) in [4.78, 5) is 26.5. The molecule has 4 nitrogen and oxygen atoms in total. The van der Waals surface area contributed by atoms with E-state index in [0.29, 0.717) is 21.2 Å². The first-order valence-electron chi connectivity index (χ1n) is 7.94. The van der Waals surface area contributed by atoms with Crippen LogP contribution < -0.4 is 10.5 Å². The molecule has 3 aromatic rings. The van der Waals surface area contributed by atoms with Crippen molar-refractivity contribution in [3.8, 4) is 0 Å². The van der Waals surface area contributed by atoms with Gasteiger partial charge in [-0.2, -0.15) is 0 Å². The number of hydrogen-bond acceptors (Lipinski definition) is 2. The van der Waals surface area contributed by atoms with Gasteiger partial charge in [-0.05, 0) is 30.3 Å². The highest BCUT2D eigenvalue weighted by Crippen LogP contribution is 2.25. The van der Waals surface area contributed by atoms with Crippen molar-refractivity contribution < 1.29 is 4.79 Å². The third-order valence-electron chi connectivity index (χ3n) is 4.07. The number of aromatic nitrogens is 1. The second-order valence-electron chi connectivity index (χ2n) is 5.78. The number of pyridine rings is 1. The molecule has 1 aromatic heterocycles. The molecular weight excluding hydrogens is 371 g/mol. The minimum Gasteiger partial charge on any atom is -0.311 e. The number of benzene rings is 2. The molecule has 0 N–H and O–H groups in total. The maximum Gasteiger partial charge on any atom is 0.259 e. The Kier molecular flexibility index (Phi) is 5.45. The van der Waals surface area contributed by atoms with E-state index >= 15 is 0 Å². The lowest BCUT2D eigenvalue weighted by atomic mass is 10.2. The molecule has 0 fully saturated rings. The predicted molar refractivity (Wildman–Crippen MR) is 105 cm³/mol. The van der Waals surface area contributed by atoms with Crippen LogP contribution in [0, 0.1) is 0 Å². The second-order valence-corrected chi connectivity index (χ2v) is 6.60. The molecule has 0 aliphatic rings. The first-order chi connectivity index (χ1) is 12.5. The normalized spacial score (nSPS) is 10.6. The SMILES string of the molecule is CN(C(=O)c1ccc(=O)n(Cc2c(Cl)cccc2Cl)c1)c1ccccc1. The Morgan fingerprint density at radius 2 is 1.62 bits per heavy atom. The number of nitrogens with zero attached hydrogens (tertiary/aromatic N) is 2. The van der Waals surface area contributed by atoms with Gasteiger partial charge >= 0.3 is 0 Å². The van der Waals surface area contributed by atoms with E-state index in [4.69, 9.17) is 23.2 Å². The smallest absolute Gasteiger partial charge is 0.259 e. The summed E-state index contributed by atoms with van der Waals surface area (Å²) in [5.41, 5.74) is 1.57. The van der Waals surface area contributed by atoms with E-state index in [-0.39, 0.29) is 18.0 Å². The van der Waals surface area contributed by atoms with Gasteiger partial charge in [-0.3, -0.25) is 9.59 Å². The number of carbonyl (C=O) groups excluding carboxylic acids is 1. The minimum absolute atomic E-state index is 0.188. The van der Waals surface area contributed by atoms with Crippen molar-refractivity contribution in [3.63, 3.8) is 0 Å². The maximum atomic E-state index is 12.8. The van der Waals surface area contributed by atoms with Gasteiger partial charge in [0.1, 0.15) is 0 Å².